The van der Waals surface area contributed by atoms with Gasteiger partial charge in [-0.2, -0.15) is 0 Å². The van der Waals surface area contributed by atoms with Crippen molar-refractivity contribution in [2.45, 2.75) is 34.1 Å². The number of ketones is 1. The molecule has 0 spiro atoms. The number of hydrogen-bond acceptors (Lipinski definition) is 1. The van der Waals surface area contributed by atoms with E-state index in [1.54, 1.807) is 0 Å². The van der Waals surface area contributed by atoms with Crippen molar-refractivity contribution in [3.8, 4) is 0 Å². The van der Waals surface area contributed by atoms with Crippen molar-refractivity contribution in [3.05, 3.63) is 29.3 Å². The predicted octanol–water partition coefficient (Wildman–Crippen LogP) is 3.11. The molecular weight excluding hydrogens is 203 g/mol. The molecule has 82 valence electrons. The van der Waals surface area contributed by atoms with Gasteiger partial charge in [0, 0.05) is 12.0 Å². The third-order valence-electron chi connectivity index (χ3n) is 2.20. The molecule has 0 aromatic heterocycles. The first kappa shape index (κ1) is 12.4. The standard InChI is InChI=1S/C13H19OP/c1-9-5-6-10(12(15)7-9)11(14)8-13(2,3)4/h5-7H,8,15H2,1-4H3. The van der Waals surface area contributed by atoms with Crippen LogP contribution in [0.25, 0.3) is 0 Å². The Balaban J connectivity index is 2.92. The second kappa shape index (κ2) is 4.45. The van der Waals surface area contributed by atoms with Gasteiger partial charge in [-0.05, 0) is 17.6 Å². The van der Waals surface area contributed by atoms with Crippen LogP contribution >= 0.6 is 9.24 Å². The third-order valence-corrected chi connectivity index (χ3v) is 2.68. The van der Waals surface area contributed by atoms with Gasteiger partial charge in [0.15, 0.2) is 5.78 Å². The zero-order chi connectivity index (χ0) is 11.6. The molecule has 0 saturated carbocycles. The lowest BCUT2D eigenvalue weighted by molar-refractivity contribution is 0.0941. The molecule has 0 aliphatic heterocycles. The fourth-order valence-corrected chi connectivity index (χ4v) is 2.03. The average molecular weight is 222 g/mol. The minimum absolute atomic E-state index is 0.0546. The molecule has 1 rings (SSSR count). The summed E-state index contributed by atoms with van der Waals surface area (Å²) >= 11 is 0. The molecule has 1 nitrogen and oxygen atoms in total. The van der Waals surface area contributed by atoms with Crippen LogP contribution in [0.15, 0.2) is 18.2 Å². The molecule has 1 aromatic rings. The summed E-state index contributed by atoms with van der Waals surface area (Å²) in [6, 6.07) is 5.94. The van der Waals surface area contributed by atoms with Crippen LogP contribution in [0.3, 0.4) is 0 Å². The highest BCUT2D eigenvalue weighted by atomic mass is 31.0. The molecule has 0 radical (unpaired) electrons. The number of carbonyl (C=O) groups is 1. The molecule has 0 aliphatic carbocycles. The summed E-state index contributed by atoms with van der Waals surface area (Å²) < 4.78 is 0. The van der Waals surface area contributed by atoms with Crippen LogP contribution in [0.1, 0.15) is 43.1 Å². The van der Waals surface area contributed by atoms with Gasteiger partial charge in [-0.15, -0.1) is 9.24 Å². The van der Waals surface area contributed by atoms with Crippen molar-refractivity contribution in [1.29, 1.82) is 0 Å². The minimum Gasteiger partial charge on any atom is -0.294 e. The van der Waals surface area contributed by atoms with Gasteiger partial charge < -0.3 is 0 Å². The zero-order valence-electron chi connectivity index (χ0n) is 9.92. The number of aryl methyl sites for hydroxylation is 1. The van der Waals surface area contributed by atoms with Gasteiger partial charge in [-0.1, -0.05) is 44.5 Å². The molecule has 0 saturated heterocycles. The summed E-state index contributed by atoms with van der Waals surface area (Å²) in [5, 5.41) is 1.00. The molecule has 0 heterocycles. The Bertz CT molecular complexity index is 375. The van der Waals surface area contributed by atoms with Crippen LogP contribution in [-0.4, -0.2) is 5.78 Å². The molecule has 0 aliphatic rings. The molecule has 1 atom stereocenters. The Hall–Kier alpha value is -0.680. The fraction of sp³-hybridized carbons (Fsp3) is 0.462. The van der Waals surface area contributed by atoms with Crippen LogP contribution in [0, 0.1) is 12.3 Å². The normalized spacial score (nSPS) is 11.5. The predicted molar refractivity (Wildman–Crippen MR) is 68.9 cm³/mol. The molecule has 1 unspecified atom stereocenters. The molecular formula is C13H19OP. The summed E-state index contributed by atoms with van der Waals surface area (Å²) in [7, 11) is 2.64. The molecule has 2 heteroatoms. The number of rotatable bonds is 2. The highest BCUT2D eigenvalue weighted by molar-refractivity contribution is 7.27. The van der Waals surface area contributed by atoms with Crippen molar-refractivity contribution in [3.63, 3.8) is 0 Å². The van der Waals surface area contributed by atoms with Crippen LogP contribution in [0.2, 0.25) is 0 Å². The summed E-state index contributed by atoms with van der Waals surface area (Å²) in [5.74, 6) is 0.229. The summed E-state index contributed by atoms with van der Waals surface area (Å²) in [6.45, 7) is 8.29. The van der Waals surface area contributed by atoms with E-state index in [0.29, 0.717) is 6.42 Å². The number of carbonyl (C=O) groups excluding carboxylic acids is 1. The first-order valence-corrected chi connectivity index (χ1v) is 5.77. The van der Waals surface area contributed by atoms with E-state index in [1.165, 1.54) is 5.56 Å². The highest BCUT2D eigenvalue weighted by Gasteiger charge is 2.18. The zero-order valence-corrected chi connectivity index (χ0v) is 11.1. The lowest BCUT2D eigenvalue weighted by Gasteiger charge is -2.17. The molecule has 15 heavy (non-hydrogen) atoms. The van der Waals surface area contributed by atoms with Gasteiger partial charge >= 0.3 is 0 Å². The van der Waals surface area contributed by atoms with Gasteiger partial charge in [-0.3, -0.25) is 4.79 Å². The van der Waals surface area contributed by atoms with E-state index in [0.717, 1.165) is 10.9 Å². The van der Waals surface area contributed by atoms with Crippen molar-refractivity contribution >= 4 is 20.3 Å². The van der Waals surface area contributed by atoms with E-state index >= 15 is 0 Å². The quantitative estimate of drug-likeness (QED) is 0.555. The maximum Gasteiger partial charge on any atom is 0.164 e. The Morgan fingerprint density at radius 3 is 2.40 bits per heavy atom. The summed E-state index contributed by atoms with van der Waals surface area (Å²) in [5.41, 5.74) is 2.08. The van der Waals surface area contributed by atoms with Crippen LogP contribution < -0.4 is 5.30 Å². The monoisotopic (exact) mass is 222 g/mol. The van der Waals surface area contributed by atoms with Crippen LogP contribution in [-0.2, 0) is 0 Å². The van der Waals surface area contributed by atoms with E-state index in [-0.39, 0.29) is 11.2 Å². The third kappa shape index (κ3) is 3.76. The van der Waals surface area contributed by atoms with E-state index in [4.69, 9.17) is 0 Å². The second-order valence-electron chi connectivity index (χ2n) is 5.25. The van der Waals surface area contributed by atoms with Gasteiger partial charge in [0.25, 0.3) is 0 Å². The first-order chi connectivity index (χ1) is 6.79. The van der Waals surface area contributed by atoms with Gasteiger partial charge in [-0.25, -0.2) is 0 Å². The van der Waals surface area contributed by atoms with Gasteiger partial charge in [0.05, 0.1) is 0 Å². The number of Topliss-reactive ketones (excluding diaryl/α,β-unsaturated/α-hetero) is 1. The van der Waals surface area contributed by atoms with E-state index in [1.807, 2.05) is 25.1 Å². The molecule has 0 fully saturated rings. The SMILES string of the molecule is Cc1ccc(C(=O)CC(C)(C)C)c(P)c1. The largest absolute Gasteiger partial charge is 0.294 e. The van der Waals surface area contributed by atoms with Crippen molar-refractivity contribution in [1.82, 2.24) is 0 Å². The Morgan fingerprint density at radius 1 is 1.33 bits per heavy atom. The molecule has 0 bridgehead atoms. The van der Waals surface area contributed by atoms with Crippen molar-refractivity contribution in [2.75, 3.05) is 0 Å². The molecule has 0 N–H and O–H groups in total. The van der Waals surface area contributed by atoms with E-state index in [2.05, 4.69) is 30.0 Å². The lowest BCUT2D eigenvalue weighted by Crippen LogP contribution is -2.17. The molecule has 1 aromatic carbocycles. The minimum atomic E-state index is 0.0546. The fourth-order valence-electron chi connectivity index (χ4n) is 1.51. The van der Waals surface area contributed by atoms with Crippen molar-refractivity contribution in [2.24, 2.45) is 5.41 Å². The van der Waals surface area contributed by atoms with Crippen molar-refractivity contribution < 1.29 is 4.79 Å². The second-order valence-corrected chi connectivity index (χ2v) is 5.87. The lowest BCUT2D eigenvalue weighted by atomic mass is 9.88. The van der Waals surface area contributed by atoms with E-state index < -0.39 is 0 Å². The Labute approximate surface area is 94.5 Å². The summed E-state index contributed by atoms with van der Waals surface area (Å²) in [6.07, 6.45) is 0.595. The average Bonchev–Trinajstić information content (AvgIpc) is 1.99. The van der Waals surface area contributed by atoms with Crippen LogP contribution in [0.5, 0.6) is 0 Å². The van der Waals surface area contributed by atoms with Gasteiger partial charge in [0.2, 0.25) is 0 Å². The maximum atomic E-state index is 12.0. The van der Waals surface area contributed by atoms with E-state index in [9.17, 15) is 4.79 Å². The van der Waals surface area contributed by atoms with Crippen LogP contribution in [0.4, 0.5) is 0 Å². The topological polar surface area (TPSA) is 17.1 Å². The smallest absolute Gasteiger partial charge is 0.164 e. The Morgan fingerprint density at radius 2 is 1.93 bits per heavy atom. The highest BCUT2D eigenvalue weighted by Crippen LogP contribution is 2.21. The maximum absolute atomic E-state index is 12.0. The number of hydrogen-bond donors (Lipinski definition) is 0. The number of benzene rings is 1. The Kier molecular flexibility index (Phi) is 3.67. The summed E-state index contributed by atoms with van der Waals surface area (Å²) in [4.78, 5) is 12.0. The molecule has 0 amide bonds. The van der Waals surface area contributed by atoms with Gasteiger partial charge in [0.1, 0.15) is 0 Å². The first-order valence-electron chi connectivity index (χ1n) is 5.19.